The fraction of sp³-hybridized carbons (Fsp3) is 0.500. The van der Waals surface area contributed by atoms with E-state index < -0.39 is 6.17 Å². The monoisotopic (exact) mass is 211 g/mol. The summed E-state index contributed by atoms with van der Waals surface area (Å²) in [5, 5.41) is 3.14. The molecule has 15 heavy (non-hydrogen) atoms. The van der Waals surface area contributed by atoms with Crippen molar-refractivity contribution < 1.29 is 8.78 Å². The molecule has 0 saturated carbocycles. The van der Waals surface area contributed by atoms with Crippen LogP contribution in [-0.2, 0) is 6.42 Å². The van der Waals surface area contributed by atoms with Crippen LogP contribution in [0.3, 0.4) is 0 Å². The largest absolute Gasteiger partial charge is 0.316 e. The van der Waals surface area contributed by atoms with E-state index in [9.17, 15) is 8.78 Å². The van der Waals surface area contributed by atoms with E-state index in [1.807, 2.05) is 0 Å². The molecule has 0 bridgehead atoms. The van der Waals surface area contributed by atoms with Gasteiger partial charge in [0.2, 0.25) is 0 Å². The van der Waals surface area contributed by atoms with Gasteiger partial charge in [0.15, 0.2) is 0 Å². The van der Waals surface area contributed by atoms with Crippen molar-refractivity contribution in [3.8, 4) is 0 Å². The third-order valence-electron chi connectivity index (χ3n) is 2.93. The van der Waals surface area contributed by atoms with Crippen molar-refractivity contribution in [1.29, 1.82) is 0 Å². The van der Waals surface area contributed by atoms with E-state index in [2.05, 4.69) is 5.32 Å². The maximum absolute atomic E-state index is 13.8. The third kappa shape index (κ3) is 2.75. The minimum atomic E-state index is -0.859. The summed E-state index contributed by atoms with van der Waals surface area (Å²) in [6.07, 6.45) is 0.349. The summed E-state index contributed by atoms with van der Waals surface area (Å²) in [5.74, 6) is -0.197. The number of hydrogen-bond donors (Lipinski definition) is 1. The Morgan fingerprint density at radius 3 is 3.00 bits per heavy atom. The number of halogens is 2. The first-order valence-corrected chi connectivity index (χ1v) is 5.35. The van der Waals surface area contributed by atoms with Gasteiger partial charge < -0.3 is 5.32 Å². The second kappa shape index (κ2) is 4.71. The molecular formula is C12H15F2N. The Labute approximate surface area is 88.5 Å². The second-order valence-corrected chi connectivity index (χ2v) is 4.10. The van der Waals surface area contributed by atoms with Crippen LogP contribution in [-0.4, -0.2) is 19.3 Å². The fourth-order valence-corrected chi connectivity index (χ4v) is 2.04. The van der Waals surface area contributed by atoms with E-state index in [0.717, 1.165) is 25.1 Å². The summed E-state index contributed by atoms with van der Waals surface area (Å²) in [6, 6.07) is 6.20. The topological polar surface area (TPSA) is 12.0 Å². The standard InChI is InChI=1S/C12H15F2N/c13-11-3-1-2-9(6-11)7-12(14)10-4-5-15-8-10/h1-3,6,10,12,15H,4-5,7-8H2. The number of nitrogens with one attached hydrogen (secondary N) is 1. The van der Waals surface area contributed by atoms with Crippen molar-refractivity contribution in [2.75, 3.05) is 13.1 Å². The summed E-state index contributed by atoms with van der Waals surface area (Å²) in [5.41, 5.74) is 0.745. The first-order valence-electron chi connectivity index (χ1n) is 5.35. The van der Waals surface area contributed by atoms with Gasteiger partial charge in [-0.05, 0) is 30.7 Å². The quantitative estimate of drug-likeness (QED) is 0.809. The molecule has 1 fully saturated rings. The highest BCUT2D eigenvalue weighted by atomic mass is 19.1. The zero-order valence-corrected chi connectivity index (χ0v) is 8.55. The first kappa shape index (κ1) is 10.6. The molecule has 2 rings (SSSR count). The van der Waals surface area contributed by atoms with Gasteiger partial charge in [0, 0.05) is 18.9 Å². The summed E-state index contributed by atoms with van der Waals surface area (Å²) in [6.45, 7) is 1.64. The van der Waals surface area contributed by atoms with Crippen LogP contribution < -0.4 is 5.32 Å². The maximum Gasteiger partial charge on any atom is 0.123 e. The maximum atomic E-state index is 13.8. The van der Waals surface area contributed by atoms with Gasteiger partial charge in [-0.1, -0.05) is 12.1 Å². The minimum absolute atomic E-state index is 0.0910. The molecule has 0 radical (unpaired) electrons. The highest BCUT2D eigenvalue weighted by Gasteiger charge is 2.24. The van der Waals surface area contributed by atoms with Crippen molar-refractivity contribution >= 4 is 0 Å². The van der Waals surface area contributed by atoms with Crippen molar-refractivity contribution in [3.63, 3.8) is 0 Å². The molecule has 1 N–H and O–H groups in total. The lowest BCUT2D eigenvalue weighted by molar-refractivity contribution is 0.239. The molecule has 0 aromatic heterocycles. The lowest BCUT2D eigenvalue weighted by Gasteiger charge is -2.14. The lowest BCUT2D eigenvalue weighted by atomic mass is 9.97. The molecule has 1 heterocycles. The van der Waals surface area contributed by atoms with Gasteiger partial charge in [0.05, 0.1) is 0 Å². The molecule has 3 heteroatoms. The predicted octanol–water partition coefficient (Wildman–Crippen LogP) is 2.32. The van der Waals surface area contributed by atoms with Crippen molar-refractivity contribution in [2.24, 2.45) is 5.92 Å². The molecule has 1 aromatic rings. The predicted molar refractivity (Wildman–Crippen MR) is 56.0 cm³/mol. The van der Waals surface area contributed by atoms with Crippen molar-refractivity contribution in [2.45, 2.75) is 19.0 Å². The first-order chi connectivity index (χ1) is 7.25. The molecule has 82 valence electrons. The number of hydrogen-bond acceptors (Lipinski definition) is 1. The number of alkyl halides is 1. The molecule has 0 aliphatic carbocycles. The van der Waals surface area contributed by atoms with Crippen LogP contribution in [0.25, 0.3) is 0 Å². The Morgan fingerprint density at radius 1 is 1.47 bits per heavy atom. The molecule has 1 saturated heterocycles. The molecule has 1 aromatic carbocycles. The van der Waals surface area contributed by atoms with Gasteiger partial charge >= 0.3 is 0 Å². The van der Waals surface area contributed by atoms with E-state index in [4.69, 9.17) is 0 Å². The summed E-state index contributed by atoms with van der Waals surface area (Å²) < 4.78 is 26.6. The molecule has 1 nitrogen and oxygen atoms in total. The van der Waals surface area contributed by atoms with Crippen molar-refractivity contribution in [3.05, 3.63) is 35.6 Å². The SMILES string of the molecule is Fc1cccc(CC(F)C2CCNC2)c1. The molecule has 1 aliphatic rings. The van der Waals surface area contributed by atoms with Crippen LogP contribution in [0.15, 0.2) is 24.3 Å². The Hall–Kier alpha value is -0.960. The number of rotatable bonds is 3. The summed E-state index contributed by atoms with van der Waals surface area (Å²) in [7, 11) is 0. The van der Waals surface area contributed by atoms with Crippen LogP contribution in [0.1, 0.15) is 12.0 Å². The zero-order valence-electron chi connectivity index (χ0n) is 8.55. The minimum Gasteiger partial charge on any atom is -0.316 e. The van der Waals surface area contributed by atoms with E-state index >= 15 is 0 Å². The molecule has 0 amide bonds. The average molecular weight is 211 g/mol. The van der Waals surface area contributed by atoms with E-state index in [-0.39, 0.29) is 11.7 Å². The molecule has 2 unspecified atom stereocenters. The molecule has 2 atom stereocenters. The third-order valence-corrected chi connectivity index (χ3v) is 2.93. The molecule has 0 spiro atoms. The lowest BCUT2D eigenvalue weighted by Crippen LogP contribution is -2.21. The van der Waals surface area contributed by atoms with Gasteiger partial charge in [0.1, 0.15) is 12.0 Å². The summed E-state index contributed by atoms with van der Waals surface area (Å²) >= 11 is 0. The van der Waals surface area contributed by atoms with Gasteiger partial charge in [-0.3, -0.25) is 0 Å². The number of benzene rings is 1. The van der Waals surface area contributed by atoms with Crippen LogP contribution in [0, 0.1) is 11.7 Å². The molecular weight excluding hydrogens is 196 g/mol. The smallest absolute Gasteiger partial charge is 0.123 e. The summed E-state index contributed by atoms with van der Waals surface area (Å²) in [4.78, 5) is 0. The Kier molecular flexibility index (Phi) is 3.31. The van der Waals surface area contributed by atoms with Gasteiger partial charge in [-0.2, -0.15) is 0 Å². The average Bonchev–Trinajstić information content (AvgIpc) is 2.70. The van der Waals surface area contributed by atoms with E-state index in [1.54, 1.807) is 12.1 Å². The Balaban J connectivity index is 1.95. The highest BCUT2D eigenvalue weighted by Crippen LogP contribution is 2.20. The zero-order chi connectivity index (χ0) is 10.7. The van der Waals surface area contributed by atoms with Crippen molar-refractivity contribution in [1.82, 2.24) is 5.32 Å². The fourth-order valence-electron chi connectivity index (χ4n) is 2.04. The van der Waals surface area contributed by atoms with E-state index in [1.165, 1.54) is 12.1 Å². The highest BCUT2D eigenvalue weighted by molar-refractivity contribution is 5.17. The second-order valence-electron chi connectivity index (χ2n) is 4.10. The van der Waals surface area contributed by atoms with Crippen LogP contribution >= 0.6 is 0 Å². The van der Waals surface area contributed by atoms with Crippen LogP contribution in [0.4, 0.5) is 8.78 Å². The van der Waals surface area contributed by atoms with Gasteiger partial charge in [-0.15, -0.1) is 0 Å². The normalized spacial score (nSPS) is 22.9. The van der Waals surface area contributed by atoms with Gasteiger partial charge in [0.25, 0.3) is 0 Å². The van der Waals surface area contributed by atoms with Crippen LogP contribution in [0.2, 0.25) is 0 Å². The van der Waals surface area contributed by atoms with Gasteiger partial charge in [-0.25, -0.2) is 8.78 Å². The Morgan fingerprint density at radius 2 is 2.33 bits per heavy atom. The Bertz CT molecular complexity index is 321. The van der Waals surface area contributed by atoms with E-state index in [0.29, 0.717) is 6.42 Å². The molecule has 1 aliphatic heterocycles. The van der Waals surface area contributed by atoms with Crippen LogP contribution in [0.5, 0.6) is 0 Å².